The maximum atomic E-state index is 13.0. The Kier molecular flexibility index (Phi) is 11.8. The normalized spacial score (nSPS) is 12.4. The number of amides is 1. The van der Waals surface area contributed by atoms with Crippen LogP contribution in [-0.2, 0) is 43.9 Å². The van der Waals surface area contributed by atoms with Crippen molar-refractivity contribution in [3.05, 3.63) is 47.8 Å². The Bertz CT molecular complexity index is 881. The van der Waals surface area contributed by atoms with Crippen LogP contribution in [0, 0.1) is 10.8 Å². The molecule has 1 rings (SSSR count). The fourth-order valence-electron chi connectivity index (χ4n) is 2.27. The molecule has 0 fully saturated rings. The van der Waals surface area contributed by atoms with Gasteiger partial charge < -0.3 is 9.47 Å². The minimum absolute atomic E-state index is 0.0739. The first-order chi connectivity index (χ1) is 16.1. The first kappa shape index (κ1) is 30.5. The molecule has 0 bridgehead atoms. The van der Waals surface area contributed by atoms with Gasteiger partial charge in [0.25, 0.3) is 0 Å². The third-order valence-electron chi connectivity index (χ3n) is 4.39. The van der Waals surface area contributed by atoms with E-state index in [1.807, 2.05) is 30.3 Å². The predicted molar refractivity (Wildman–Crippen MR) is 128 cm³/mol. The minimum atomic E-state index is -4.07. The first-order valence-electron chi connectivity index (χ1n) is 11.1. The number of nitrogens with zero attached hydrogens (tertiary/aromatic N) is 1. The van der Waals surface area contributed by atoms with Gasteiger partial charge in [-0.25, -0.2) is 5.06 Å². The Morgan fingerprint density at radius 3 is 1.86 bits per heavy atom. The Balaban J connectivity index is 2.71. The van der Waals surface area contributed by atoms with Gasteiger partial charge in [-0.05, 0) is 53.5 Å². The highest BCUT2D eigenvalue weighted by atomic mass is 31.2. The molecular formula is C24H36NO9P. The van der Waals surface area contributed by atoms with Crippen LogP contribution in [0.5, 0.6) is 0 Å². The molecule has 196 valence electrons. The van der Waals surface area contributed by atoms with E-state index in [2.05, 4.69) is 0 Å². The average Bonchev–Trinajstić information content (AvgIpc) is 2.76. The van der Waals surface area contributed by atoms with Crippen molar-refractivity contribution in [1.82, 2.24) is 5.06 Å². The van der Waals surface area contributed by atoms with Crippen LogP contribution in [0.4, 0.5) is 0 Å². The largest absolute Gasteiger partial charge is 0.438 e. The molecule has 0 saturated heterocycles. The summed E-state index contributed by atoms with van der Waals surface area (Å²) in [6, 6.07) is 9.32. The number of ether oxygens (including phenoxy) is 2. The van der Waals surface area contributed by atoms with E-state index in [-0.39, 0.29) is 13.0 Å². The number of aryl methyl sites for hydroxylation is 1. The molecule has 10 nitrogen and oxygen atoms in total. The van der Waals surface area contributed by atoms with Crippen LogP contribution in [0.3, 0.4) is 0 Å². The van der Waals surface area contributed by atoms with Crippen LogP contribution in [0.15, 0.2) is 42.2 Å². The zero-order chi connectivity index (χ0) is 26.7. The number of hydroxylamine groups is 2. The lowest BCUT2D eigenvalue weighted by Gasteiger charge is -2.20. The number of benzene rings is 1. The third-order valence-corrected chi connectivity index (χ3v) is 5.90. The summed E-state index contributed by atoms with van der Waals surface area (Å²) in [4.78, 5) is 36.0. The van der Waals surface area contributed by atoms with Crippen molar-refractivity contribution >= 4 is 25.4 Å². The lowest BCUT2D eigenvalue weighted by molar-refractivity contribution is -0.163. The van der Waals surface area contributed by atoms with E-state index >= 15 is 0 Å². The van der Waals surface area contributed by atoms with E-state index in [4.69, 9.17) is 18.5 Å². The van der Waals surface area contributed by atoms with Crippen molar-refractivity contribution < 1.29 is 42.7 Å². The van der Waals surface area contributed by atoms with E-state index in [1.165, 1.54) is 6.08 Å². The molecule has 0 saturated carbocycles. The van der Waals surface area contributed by atoms with Crippen LogP contribution in [0.2, 0.25) is 0 Å². The Morgan fingerprint density at radius 1 is 0.914 bits per heavy atom. The second-order valence-corrected chi connectivity index (χ2v) is 11.6. The summed E-state index contributed by atoms with van der Waals surface area (Å²) in [5.41, 5.74) is -0.654. The molecule has 0 radical (unpaired) electrons. The second kappa shape index (κ2) is 13.5. The lowest BCUT2D eigenvalue weighted by atomic mass is 9.98. The van der Waals surface area contributed by atoms with Gasteiger partial charge in [-0.2, -0.15) is 0 Å². The standard InChI is InChI=1S/C24H36NO9P/c1-23(2,3)21(27)31-17-33-35(30,34-18-32-22(28)24(4,5)6)16-10-15-25(29)20(26)14-13-19-11-8-7-9-12-19/h7-12,16,29H,13-15,17-18H2,1-6H3/b16-10+. The van der Waals surface area contributed by atoms with Gasteiger partial charge in [0.2, 0.25) is 19.5 Å². The highest BCUT2D eigenvalue weighted by Crippen LogP contribution is 2.49. The van der Waals surface area contributed by atoms with Gasteiger partial charge in [0, 0.05) is 12.2 Å². The molecule has 0 heterocycles. The van der Waals surface area contributed by atoms with Crippen molar-refractivity contribution in [1.29, 1.82) is 0 Å². The summed E-state index contributed by atoms with van der Waals surface area (Å²) >= 11 is 0. The van der Waals surface area contributed by atoms with Gasteiger partial charge in [0.1, 0.15) is 0 Å². The molecule has 0 aromatic heterocycles. The summed E-state index contributed by atoms with van der Waals surface area (Å²) < 4.78 is 33.2. The Hall–Kier alpha value is -2.52. The number of hydrogen-bond donors (Lipinski definition) is 1. The highest BCUT2D eigenvalue weighted by molar-refractivity contribution is 7.57. The molecule has 11 heteroatoms. The van der Waals surface area contributed by atoms with E-state index in [0.717, 1.165) is 11.4 Å². The van der Waals surface area contributed by atoms with Crippen molar-refractivity contribution in [2.75, 3.05) is 20.1 Å². The maximum Gasteiger partial charge on any atom is 0.359 e. The number of hydrogen-bond acceptors (Lipinski definition) is 9. The number of carbonyl (C=O) groups excluding carboxylic acids is 3. The van der Waals surface area contributed by atoms with Crippen molar-refractivity contribution in [2.24, 2.45) is 10.8 Å². The molecule has 1 N–H and O–H groups in total. The van der Waals surface area contributed by atoms with Gasteiger partial charge in [-0.1, -0.05) is 36.4 Å². The average molecular weight is 514 g/mol. The monoisotopic (exact) mass is 513 g/mol. The fourth-order valence-corrected chi connectivity index (χ4v) is 3.26. The predicted octanol–water partition coefficient (Wildman–Crippen LogP) is 4.67. The molecule has 0 spiro atoms. The highest BCUT2D eigenvalue weighted by Gasteiger charge is 2.28. The molecule has 0 aliphatic rings. The van der Waals surface area contributed by atoms with Crippen LogP contribution < -0.4 is 0 Å². The Labute approximate surface area is 206 Å². The van der Waals surface area contributed by atoms with Crippen molar-refractivity contribution in [2.45, 2.75) is 54.4 Å². The zero-order valence-corrected chi connectivity index (χ0v) is 22.1. The van der Waals surface area contributed by atoms with Gasteiger partial charge in [0.05, 0.1) is 17.4 Å². The minimum Gasteiger partial charge on any atom is -0.438 e. The summed E-state index contributed by atoms with van der Waals surface area (Å²) in [5.74, 6) is -0.708. The Morgan fingerprint density at radius 2 is 1.40 bits per heavy atom. The number of carbonyl (C=O) groups is 3. The van der Waals surface area contributed by atoms with Crippen molar-refractivity contribution in [3.8, 4) is 0 Å². The molecule has 0 atom stereocenters. The molecule has 0 aliphatic carbocycles. The maximum absolute atomic E-state index is 13.0. The molecule has 35 heavy (non-hydrogen) atoms. The molecule has 1 aromatic carbocycles. The first-order valence-corrected chi connectivity index (χ1v) is 12.7. The summed E-state index contributed by atoms with van der Waals surface area (Å²) in [6.07, 6.45) is 1.73. The van der Waals surface area contributed by atoms with Gasteiger partial charge in [-0.15, -0.1) is 0 Å². The van der Waals surface area contributed by atoms with Crippen LogP contribution >= 0.6 is 7.60 Å². The van der Waals surface area contributed by atoms with E-state index < -0.39 is 49.9 Å². The SMILES string of the molecule is CC(C)(C)C(=O)OCOP(=O)(/C=C/CN(O)C(=O)CCc1ccccc1)OCOC(=O)C(C)(C)C. The van der Waals surface area contributed by atoms with Gasteiger partial charge in [-0.3, -0.25) is 33.2 Å². The quantitative estimate of drug-likeness (QED) is 0.139. The topological polar surface area (TPSA) is 129 Å². The van der Waals surface area contributed by atoms with Gasteiger partial charge >= 0.3 is 19.5 Å². The number of esters is 2. The summed E-state index contributed by atoms with van der Waals surface area (Å²) in [7, 11) is -4.07. The molecule has 0 unspecified atom stereocenters. The molecule has 1 aromatic rings. The molecule has 0 aliphatic heterocycles. The summed E-state index contributed by atoms with van der Waals surface area (Å²) in [5, 5.41) is 10.5. The van der Waals surface area contributed by atoms with Crippen molar-refractivity contribution in [3.63, 3.8) is 0 Å². The fraction of sp³-hybridized carbons (Fsp3) is 0.542. The molecule has 1 amide bonds. The van der Waals surface area contributed by atoms with E-state index in [9.17, 15) is 24.2 Å². The smallest absolute Gasteiger partial charge is 0.359 e. The second-order valence-electron chi connectivity index (χ2n) is 9.74. The summed E-state index contributed by atoms with van der Waals surface area (Å²) in [6.45, 7) is 8.19. The van der Waals surface area contributed by atoms with E-state index in [0.29, 0.717) is 11.5 Å². The lowest BCUT2D eigenvalue weighted by Crippen LogP contribution is -2.27. The van der Waals surface area contributed by atoms with Crippen LogP contribution in [0.1, 0.15) is 53.5 Å². The van der Waals surface area contributed by atoms with Gasteiger partial charge in [0.15, 0.2) is 0 Å². The third kappa shape index (κ3) is 12.1. The number of rotatable bonds is 12. The zero-order valence-electron chi connectivity index (χ0n) is 21.2. The van der Waals surface area contributed by atoms with Crippen LogP contribution in [0.25, 0.3) is 0 Å². The van der Waals surface area contributed by atoms with Crippen LogP contribution in [-0.4, -0.2) is 48.2 Å². The molecular weight excluding hydrogens is 477 g/mol. The van der Waals surface area contributed by atoms with E-state index in [1.54, 1.807) is 41.5 Å².